The van der Waals surface area contributed by atoms with E-state index in [4.69, 9.17) is 4.42 Å². The Morgan fingerprint density at radius 2 is 2.00 bits per heavy atom. The summed E-state index contributed by atoms with van der Waals surface area (Å²) in [5.41, 5.74) is 1.36. The first-order valence-corrected chi connectivity index (χ1v) is 9.30. The van der Waals surface area contributed by atoms with Crippen molar-refractivity contribution in [1.82, 2.24) is 10.2 Å². The van der Waals surface area contributed by atoms with Crippen LogP contribution in [0.5, 0.6) is 0 Å². The highest BCUT2D eigenvalue weighted by Gasteiger charge is 2.40. The Labute approximate surface area is 153 Å². The van der Waals surface area contributed by atoms with Gasteiger partial charge < -0.3 is 14.6 Å². The molecular weight excluding hydrogens is 328 g/mol. The fraction of sp³-hybridized carbons (Fsp3) is 0.429. The summed E-state index contributed by atoms with van der Waals surface area (Å²) in [6, 6.07) is 14.1. The summed E-state index contributed by atoms with van der Waals surface area (Å²) in [5.74, 6) is 0.479. The number of carbonyl (C=O) groups excluding carboxylic acids is 2. The first-order chi connectivity index (χ1) is 12.7. The number of hydrogen-bond acceptors (Lipinski definition) is 3. The number of nitrogens with zero attached hydrogens (tertiary/aromatic N) is 1. The van der Waals surface area contributed by atoms with E-state index in [2.05, 4.69) is 29.6 Å². The number of nitrogens with one attached hydrogen (secondary N) is 1. The van der Waals surface area contributed by atoms with Crippen molar-refractivity contribution < 1.29 is 14.0 Å². The highest BCUT2D eigenvalue weighted by molar-refractivity contribution is 5.89. The first-order valence-electron chi connectivity index (χ1n) is 9.30. The highest BCUT2D eigenvalue weighted by Crippen LogP contribution is 2.43. The van der Waals surface area contributed by atoms with Crippen molar-refractivity contribution in [3.05, 3.63) is 60.1 Å². The van der Waals surface area contributed by atoms with Crippen LogP contribution < -0.4 is 5.32 Å². The largest absolute Gasteiger partial charge is 0.467 e. The second-order valence-electron chi connectivity index (χ2n) is 7.47. The van der Waals surface area contributed by atoms with E-state index in [1.807, 2.05) is 18.2 Å². The summed E-state index contributed by atoms with van der Waals surface area (Å²) in [7, 11) is 0. The van der Waals surface area contributed by atoms with Crippen molar-refractivity contribution >= 4 is 11.8 Å². The molecule has 2 aliphatic rings. The van der Waals surface area contributed by atoms with Crippen molar-refractivity contribution in [2.75, 3.05) is 13.1 Å². The third kappa shape index (κ3) is 3.26. The molecule has 1 aliphatic carbocycles. The lowest BCUT2D eigenvalue weighted by Gasteiger charge is -2.42. The smallest absolute Gasteiger partial charge is 0.225 e. The Morgan fingerprint density at radius 1 is 1.19 bits per heavy atom. The van der Waals surface area contributed by atoms with Crippen LogP contribution in [0.15, 0.2) is 53.1 Å². The van der Waals surface area contributed by atoms with Gasteiger partial charge in [-0.05, 0) is 30.5 Å². The molecule has 2 aromatic rings. The number of likely N-dealkylation sites (tertiary alicyclic amines) is 1. The number of carbonyl (C=O) groups is 2. The van der Waals surface area contributed by atoms with Gasteiger partial charge in [-0.1, -0.05) is 36.8 Å². The Morgan fingerprint density at radius 3 is 2.65 bits per heavy atom. The third-order valence-corrected chi connectivity index (χ3v) is 5.81. The second kappa shape index (κ2) is 6.98. The third-order valence-electron chi connectivity index (χ3n) is 5.81. The lowest BCUT2D eigenvalue weighted by molar-refractivity contribution is -0.129. The van der Waals surface area contributed by atoms with Crippen LogP contribution in [0.3, 0.4) is 0 Å². The van der Waals surface area contributed by atoms with Gasteiger partial charge >= 0.3 is 0 Å². The maximum absolute atomic E-state index is 12.6. The van der Waals surface area contributed by atoms with Gasteiger partial charge in [-0.15, -0.1) is 0 Å². The molecule has 26 heavy (non-hydrogen) atoms. The Hall–Kier alpha value is -2.56. The molecule has 5 nitrogen and oxygen atoms in total. The first kappa shape index (κ1) is 16.9. The van der Waals surface area contributed by atoms with Crippen LogP contribution in [-0.2, 0) is 21.5 Å². The van der Waals surface area contributed by atoms with Gasteiger partial charge in [-0.2, -0.15) is 0 Å². The molecule has 1 saturated heterocycles. The summed E-state index contributed by atoms with van der Waals surface area (Å²) in [6.45, 7) is 1.55. The zero-order valence-corrected chi connectivity index (χ0v) is 14.8. The van der Waals surface area contributed by atoms with Crippen LogP contribution in [0.1, 0.15) is 37.0 Å². The minimum absolute atomic E-state index is 0.0116. The molecule has 1 aromatic carbocycles. The maximum atomic E-state index is 12.6. The molecule has 2 heterocycles. The molecule has 0 radical (unpaired) electrons. The van der Waals surface area contributed by atoms with Gasteiger partial charge in [0.15, 0.2) is 0 Å². The van der Waals surface area contributed by atoms with Crippen LogP contribution in [0.2, 0.25) is 0 Å². The average molecular weight is 352 g/mol. The molecule has 2 fully saturated rings. The van der Waals surface area contributed by atoms with Crippen molar-refractivity contribution in [1.29, 1.82) is 0 Å². The van der Waals surface area contributed by atoms with Crippen LogP contribution >= 0.6 is 0 Å². The molecule has 136 valence electrons. The molecule has 1 N–H and O–H groups in total. The molecule has 0 unspecified atom stereocenters. The number of amides is 2. The van der Waals surface area contributed by atoms with Gasteiger partial charge in [0.1, 0.15) is 5.76 Å². The van der Waals surface area contributed by atoms with E-state index in [0.29, 0.717) is 19.6 Å². The molecule has 4 rings (SSSR count). The van der Waals surface area contributed by atoms with Gasteiger partial charge in [0.05, 0.1) is 18.7 Å². The van der Waals surface area contributed by atoms with E-state index in [9.17, 15) is 9.59 Å². The maximum Gasteiger partial charge on any atom is 0.225 e. The fourth-order valence-electron chi connectivity index (χ4n) is 4.05. The van der Waals surface area contributed by atoms with E-state index in [1.165, 1.54) is 12.0 Å². The van der Waals surface area contributed by atoms with Crippen LogP contribution in [-0.4, -0.2) is 29.8 Å². The lowest BCUT2D eigenvalue weighted by atomic mass is 9.64. The Balaban J connectivity index is 1.34. The van der Waals surface area contributed by atoms with Crippen LogP contribution in [0.4, 0.5) is 0 Å². The molecule has 0 spiro atoms. The molecule has 0 bridgehead atoms. The molecule has 1 aromatic heterocycles. The van der Waals surface area contributed by atoms with Gasteiger partial charge in [0, 0.05) is 24.9 Å². The van der Waals surface area contributed by atoms with E-state index < -0.39 is 0 Å². The average Bonchev–Trinajstić information content (AvgIpc) is 3.25. The summed E-state index contributed by atoms with van der Waals surface area (Å²) >= 11 is 0. The fourth-order valence-corrected chi connectivity index (χ4v) is 4.05. The Bertz CT molecular complexity index is 766. The van der Waals surface area contributed by atoms with E-state index >= 15 is 0 Å². The summed E-state index contributed by atoms with van der Waals surface area (Å²) in [6.07, 6.45) is 5.28. The summed E-state index contributed by atoms with van der Waals surface area (Å²) in [5, 5.41) is 3.12. The predicted molar refractivity (Wildman–Crippen MR) is 97.2 cm³/mol. The normalized spacial score (nSPS) is 21.5. The molecule has 1 saturated carbocycles. The molecule has 1 atom stereocenters. The standard InChI is InChI=1S/C21H24N2O3/c24-19-12-16(13-23(19)14-18-8-4-11-26-18)20(25)22-15-21(9-5-10-21)17-6-2-1-3-7-17/h1-4,6-8,11,16H,5,9-10,12-15H2,(H,22,25)/t16-/m0/s1. The minimum Gasteiger partial charge on any atom is -0.467 e. The Kier molecular flexibility index (Phi) is 4.53. The van der Waals surface area contributed by atoms with E-state index in [-0.39, 0.29) is 29.6 Å². The van der Waals surface area contributed by atoms with Crippen LogP contribution in [0, 0.1) is 5.92 Å². The monoisotopic (exact) mass is 352 g/mol. The van der Waals surface area contributed by atoms with Gasteiger partial charge in [0.25, 0.3) is 0 Å². The number of rotatable bonds is 6. The zero-order valence-electron chi connectivity index (χ0n) is 14.8. The lowest BCUT2D eigenvalue weighted by Crippen LogP contribution is -2.47. The number of benzene rings is 1. The van der Waals surface area contributed by atoms with Crippen molar-refractivity contribution in [3.8, 4) is 0 Å². The molecule has 1 aliphatic heterocycles. The quantitative estimate of drug-likeness (QED) is 0.869. The van der Waals surface area contributed by atoms with Crippen molar-refractivity contribution in [3.63, 3.8) is 0 Å². The van der Waals surface area contributed by atoms with Gasteiger partial charge in [0.2, 0.25) is 11.8 Å². The van der Waals surface area contributed by atoms with Gasteiger partial charge in [-0.3, -0.25) is 9.59 Å². The van der Waals surface area contributed by atoms with Crippen LogP contribution in [0.25, 0.3) is 0 Å². The van der Waals surface area contributed by atoms with E-state index in [0.717, 1.165) is 18.6 Å². The molecule has 5 heteroatoms. The predicted octanol–water partition coefficient (Wildman–Crippen LogP) is 2.87. The highest BCUT2D eigenvalue weighted by atomic mass is 16.3. The van der Waals surface area contributed by atoms with Gasteiger partial charge in [-0.25, -0.2) is 0 Å². The van der Waals surface area contributed by atoms with Crippen molar-refractivity contribution in [2.24, 2.45) is 5.92 Å². The number of hydrogen-bond donors (Lipinski definition) is 1. The second-order valence-corrected chi connectivity index (χ2v) is 7.47. The summed E-state index contributed by atoms with van der Waals surface area (Å²) in [4.78, 5) is 26.6. The topological polar surface area (TPSA) is 62.6 Å². The van der Waals surface area contributed by atoms with E-state index in [1.54, 1.807) is 11.2 Å². The summed E-state index contributed by atoms with van der Waals surface area (Å²) < 4.78 is 5.31. The molecular formula is C21H24N2O3. The number of furan rings is 1. The molecule has 2 amide bonds. The van der Waals surface area contributed by atoms with Crippen molar-refractivity contribution in [2.45, 2.75) is 37.6 Å². The minimum atomic E-state index is -0.273. The zero-order chi connectivity index (χ0) is 18.0. The SMILES string of the molecule is O=C(NCC1(c2ccccc2)CCC1)[C@H]1CC(=O)N(Cc2ccco2)C1.